The van der Waals surface area contributed by atoms with Gasteiger partial charge in [0.1, 0.15) is 0 Å². The minimum atomic E-state index is -0.747. The number of allylic oxidation sites excluding steroid dienone is 2. The van der Waals surface area contributed by atoms with Crippen LogP contribution in [0.15, 0.2) is 12.2 Å². The molecule has 0 heterocycles. The molecule has 5 heteroatoms. The first-order valence-electron chi connectivity index (χ1n) is 29.0. The quantitative estimate of drug-likeness (QED) is 0.0362. The van der Waals surface area contributed by atoms with Crippen LogP contribution in [0.4, 0.5) is 0 Å². The maximum absolute atomic E-state index is 12.5. The normalized spacial score (nSPS) is 13.3. The largest absolute Gasteiger partial charge is 0.394 e. The van der Waals surface area contributed by atoms with E-state index in [4.69, 9.17) is 0 Å². The van der Waals surface area contributed by atoms with Crippen LogP contribution >= 0.6 is 0 Å². The highest BCUT2D eigenvalue weighted by molar-refractivity contribution is 5.76. The van der Waals surface area contributed by atoms with Gasteiger partial charge in [0.2, 0.25) is 5.91 Å². The SMILES string of the molecule is CCCCCCCCCCCCCC/C=C\CCCCCCCCCCCCCCCCC(O)CC(=O)NC(CO)C(O)CCCCCCCCCCCCCCCCCCCC. The summed E-state index contributed by atoms with van der Waals surface area (Å²) in [5.74, 6) is -0.276. The molecule has 3 unspecified atom stereocenters. The third kappa shape index (κ3) is 50.3. The lowest BCUT2D eigenvalue weighted by atomic mass is 10.0. The second-order valence-electron chi connectivity index (χ2n) is 20.3. The average molecular weight is 891 g/mol. The summed E-state index contributed by atoms with van der Waals surface area (Å²) in [4.78, 5) is 12.5. The van der Waals surface area contributed by atoms with Crippen LogP contribution in [0.25, 0.3) is 0 Å². The molecular formula is C58H115NO4. The highest BCUT2D eigenvalue weighted by Crippen LogP contribution is 2.18. The minimum Gasteiger partial charge on any atom is -0.394 e. The highest BCUT2D eigenvalue weighted by Gasteiger charge is 2.21. The van der Waals surface area contributed by atoms with Crippen molar-refractivity contribution in [1.82, 2.24) is 5.32 Å². The second kappa shape index (κ2) is 53.7. The molecule has 63 heavy (non-hydrogen) atoms. The number of hydrogen-bond acceptors (Lipinski definition) is 4. The van der Waals surface area contributed by atoms with Crippen LogP contribution in [0, 0.1) is 0 Å². The van der Waals surface area contributed by atoms with Crippen LogP contribution < -0.4 is 5.32 Å². The lowest BCUT2D eigenvalue weighted by Crippen LogP contribution is -2.46. The van der Waals surface area contributed by atoms with Crippen LogP contribution in [0.3, 0.4) is 0 Å². The topological polar surface area (TPSA) is 89.8 Å². The number of carbonyl (C=O) groups is 1. The lowest BCUT2D eigenvalue weighted by molar-refractivity contribution is -0.125. The van der Waals surface area contributed by atoms with E-state index >= 15 is 0 Å². The number of amides is 1. The maximum Gasteiger partial charge on any atom is 0.222 e. The molecule has 0 bridgehead atoms. The van der Waals surface area contributed by atoms with Crippen LogP contribution in [-0.2, 0) is 4.79 Å². The van der Waals surface area contributed by atoms with Gasteiger partial charge in [0.25, 0.3) is 0 Å². The lowest BCUT2D eigenvalue weighted by Gasteiger charge is -2.23. The Bertz CT molecular complexity index is 894. The van der Waals surface area contributed by atoms with Crippen molar-refractivity contribution in [3.63, 3.8) is 0 Å². The van der Waals surface area contributed by atoms with Crippen molar-refractivity contribution in [1.29, 1.82) is 0 Å². The molecule has 1 amide bonds. The Morgan fingerprint density at radius 2 is 0.635 bits per heavy atom. The number of carbonyl (C=O) groups excluding carboxylic acids is 1. The Balaban J connectivity index is 3.48. The molecule has 0 rings (SSSR count). The number of aliphatic hydroxyl groups excluding tert-OH is 3. The average Bonchev–Trinajstić information content (AvgIpc) is 3.28. The Kier molecular flexibility index (Phi) is 52.9. The number of aliphatic hydroxyl groups is 3. The molecule has 3 atom stereocenters. The van der Waals surface area contributed by atoms with Gasteiger partial charge in [-0.3, -0.25) is 4.79 Å². The van der Waals surface area contributed by atoms with Crippen molar-refractivity contribution >= 4 is 5.91 Å². The zero-order valence-corrected chi connectivity index (χ0v) is 43.0. The summed E-state index contributed by atoms with van der Waals surface area (Å²) >= 11 is 0. The monoisotopic (exact) mass is 890 g/mol. The summed E-state index contributed by atoms with van der Waals surface area (Å²) in [6.07, 6.45) is 66.6. The fourth-order valence-electron chi connectivity index (χ4n) is 9.40. The van der Waals surface area contributed by atoms with Crippen LogP contribution in [-0.4, -0.2) is 46.1 Å². The van der Waals surface area contributed by atoms with E-state index in [9.17, 15) is 20.1 Å². The number of unbranched alkanes of at least 4 members (excludes halogenated alkanes) is 43. The van der Waals surface area contributed by atoms with E-state index in [1.165, 1.54) is 270 Å². The first-order chi connectivity index (χ1) is 31.0. The summed E-state index contributed by atoms with van der Waals surface area (Å²) in [7, 11) is 0. The van der Waals surface area contributed by atoms with Gasteiger partial charge in [-0.25, -0.2) is 0 Å². The Hall–Kier alpha value is -0.910. The molecule has 0 fully saturated rings. The first kappa shape index (κ1) is 62.1. The smallest absolute Gasteiger partial charge is 0.222 e. The van der Waals surface area contributed by atoms with Gasteiger partial charge in [-0.2, -0.15) is 0 Å². The Morgan fingerprint density at radius 1 is 0.381 bits per heavy atom. The van der Waals surface area contributed by atoms with Gasteiger partial charge in [-0.1, -0.05) is 296 Å². The Labute approximate surface area is 395 Å². The van der Waals surface area contributed by atoms with Gasteiger partial charge < -0.3 is 20.6 Å². The molecule has 0 aromatic carbocycles. The van der Waals surface area contributed by atoms with Gasteiger partial charge >= 0.3 is 0 Å². The number of nitrogens with one attached hydrogen (secondary N) is 1. The molecule has 0 radical (unpaired) electrons. The molecule has 0 aliphatic carbocycles. The third-order valence-corrected chi connectivity index (χ3v) is 13.8. The van der Waals surface area contributed by atoms with Gasteiger partial charge in [-0.15, -0.1) is 0 Å². The number of rotatable bonds is 54. The zero-order chi connectivity index (χ0) is 45.8. The summed E-state index contributed by atoms with van der Waals surface area (Å²) in [5.41, 5.74) is 0. The summed E-state index contributed by atoms with van der Waals surface area (Å²) in [5, 5.41) is 33.6. The molecule has 0 aromatic rings. The Morgan fingerprint density at radius 3 is 0.921 bits per heavy atom. The van der Waals surface area contributed by atoms with Crippen molar-refractivity contribution in [3.05, 3.63) is 12.2 Å². The fourth-order valence-corrected chi connectivity index (χ4v) is 9.40. The molecule has 0 saturated carbocycles. The van der Waals surface area contributed by atoms with E-state index in [-0.39, 0.29) is 18.9 Å². The highest BCUT2D eigenvalue weighted by atomic mass is 16.3. The maximum atomic E-state index is 12.5. The van der Waals surface area contributed by atoms with Gasteiger partial charge in [0.15, 0.2) is 0 Å². The van der Waals surface area contributed by atoms with Gasteiger partial charge in [-0.05, 0) is 38.5 Å². The second-order valence-corrected chi connectivity index (χ2v) is 20.3. The van der Waals surface area contributed by atoms with Crippen molar-refractivity contribution < 1.29 is 20.1 Å². The predicted octanol–water partition coefficient (Wildman–Crippen LogP) is 17.9. The van der Waals surface area contributed by atoms with Crippen molar-refractivity contribution in [3.8, 4) is 0 Å². The first-order valence-corrected chi connectivity index (χ1v) is 29.0. The van der Waals surface area contributed by atoms with Crippen molar-refractivity contribution in [2.45, 2.75) is 347 Å². The van der Waals surface area contributed by atoms with E-state index in [0.29, 0.717) is 12.8 Å². The summed E-state index contributed by atoms with van der Waals surface area (Å²) < 4.78 is 0. The van der Waals surface area contributed by atoms with E-state index < -0.39 is 18.2 Å². The summed E-state index contributed by atoms with van der Waals surface area (Å²) in [6.45, 7) is 4.30. The van der Waals surface area contributed by atoms with E-state index in [1.807, 2.05) is 0 Å². The van der Waals surface area contributed by atoms with Crippen LogP contribution in [0.2, 0.25) is 0 Å². The molecular weight excluding hydrogens is 775 g/mol. The molecule has 5 nitrogen and oxygen atoms in total. The van der Waals surface area contributed by atoms with Crippen LogP contribution in [0.1, 0.15) is 328 Å². The molecule has 0 saturated heterocycles. The third-order valence-electron chi connectivity index (χ3n) is 13.8. The van der Waals surface area contributed by atoms with Crippen LogP contribution in [0.5, 0.6) is 0 Å². The fraction of sp³-hybridized carbons (Fsp3) is 0.948. The standard InChI is InChI=1S/C58H115NO4/c1-3-5-7-9-11-13-15-17-19-21-23-24-25-26-27-28-29-30-31-32-33-34-35-37-39-41-43-45-47-49-51-55(61)53-58(63)59-56(54-60)57(62)52-50-48-46-44-42-40-38-36-22-20-18-16-14-12-10-8-6-4-2/h26-27,55-57,60-62H,3-25,28-54H2,1-2H3,(H,59,63)/b27-26-. The molecule has 0 aromatic heterocycles. The van der Waals surface area contributed by atoms with Crippen molar-refractivity contribution in [2.75, 3.05) is 6.61 Å². The molecule has 376 valence electrons. The van der Waals surface area contributed by atoms with E-state index in [2.05, 4.69) is 31.3 Å². The van der Waals surface area contributed by atoms with Gasteiger partial charge in [0, 0.05) is 0 Å². The molecule has 0 spiro atoms. The molecule has 0 aliphatic rings. The minimum absolute atomic E-state index is 0.0410. The molecule has 4 N–H and O–H groups in total. The van der Waals surface area contributed by atoms with Crippen molar-refractivity contribution in [2.24, 2.45) is 0 Å². The van der Waals surface area contributed by atoms with E-state index in [0.717, 1.165) is 25.7 Å². The number of hydrogen-bond donors (Lipinski definition) is 4. The zero-order valence-electron chi connectivity index (χ0n) is 43.0. The summed E-state index contributed by atoms with van der Waals surface area (Å²) in [6, 6.07) is -0.656. The van der Waals surface area contributed by atoms with Gasteiger partial charge in [0.05, 0.1) is 31.3 Å². The van der Waals surface area contributed by atoms with E-state index in [1.54, 1.807) is 0 Å². The molecule has 0 aliphatic heterocycles. The predicted molar refractivity (Wildman–Crippen MR) is 278 cm³/mol.